The summed E-state index contributed by atoms with van der Waals surface area (Å²) in [7, 11) is 0. The Morgan fingerprint density at radius 2 is 1.65 bits per heavy atom. The normalized spacial score (nSPS) is 10.4. The molecule has 0 bridgehead atoms. The molecule has 0 radical (unpaired) electrons. The van der Waals surface area contributed by atoms with Crippen LogP contribution in [0.5, 0.6) is 0 Å². The zero-order chi connectivity index (χ0) is 12.3. The second kappa shape index (κ2) is 4.78. The molecule has 0 saturated heterocycles. The molecule has 2 aromatic rings. The van der Waals surface area contributed by atoms with Crippen LogP contribution >= 0.6 is 0 Å². The highest BCUT2D eigenvalue weighted by molar-refractivity contribution is 6.00. The van der Waals surface area contributed by atoms with Crippen LogP contribution in [0.25, 0.3) is 10.8 Å². The second-order valence-corrected chi connectivity index (χ2v) is 3.88. The summed E-state index contributed by atoms with van der Waals surface area (Å²) in [5.41, 5.74) is 0.574. The molecule has 0 aliphatic heterocycles. The first-order valence-electron chi connectivity index (χ1n) is 5.40. The zero-order valence-corrected chi connectivity index (χ0v) is 9.22. The maximum atomic E-state index is 11.7. The Kier molecular flexibility index (Phi) is 3.19. The minimum atomic E-state index is -0.945. The lowest BCUT2D eigenvalue weighted by Gasteiger charge is -2.02. The molecular weight excluding hydrogens is 216 g/mol. The van der Waals surface area contributed by atoms with Gasteiger partial charge in [0.25, 0.3) is 0 Å². The van der Waals surface area contributed by atoms with Crippen molar-refractivity contribution in [1.29, 1.82) is 0 Å². The molecule has 0 aromatic heterocycles. The van der Waals surface area contributed by atoms with E-state index in [-0.39, 0.29) is 18.6 Å². The molecule has 2 rings (SSSR count). The van der Waals surface area contributed by atoms with Crippen molar-refractivity contribution in [1.82, 2.24) is 0 Å². The van der Waals surface area contributed by atoms with Crippen molar-refractivity contribution in [3.63, 3.8) is 0 Å². The number of carboxylic acid groups (broad SMARTS) is 1. The van der Waals surface area contributed by atoms with E-state index in [4.69, 9.17) is 5.11 Å². The molecule has 86 valence electrons. The van der Waals surface area contributed by atoms with Gasteiger partial charge >= 0.3 is 5.97 Å². The fourth-order valence-corrected chi connectivity index (χ4v) is 1.73. The highest BCUT2D eigenvalue weighted by atomic mass is 16.4. The zero-order valence-electron chi connectivity index (χ0n) is 9.22. The van der Waals surface area contributed by atoms with E-state index in [2.05, 4.69) is 0 Å². The first kappa shape index (κ1) is 11.3. The van der Waals surface area contributed by atoms with Gasteiger partial charge in [0, 0.05) is 12.0 Å². The molecule has 0 aliphatic rings. The summed E-state index contributed by atoms with van der Waals surface area (Å²) in [6, 6.07) is 13.2. The molecule has 2 aromatic carbocycles. The Labute approximate surface area is 98.7 Å². The van der Waals surface area contributed by atoms with E-state index in [9.17, 15) is 9.59 Å². The Morgan fingerprint density at radius 3 is 2.35 bits per heavy atom. The van der Waals surface area contributed by atoms with Crippen molar-refractivity contribution < 1.29 is 14.7 Å². The predicted molar refractivity (Wildman–Crippen MR) is 65.1 cm³/mol. The van der Waals surface area contributed by atoms with Crippen LogP contribution in [0.15, 0.2) is 42.5 Å². The lowest BCUT2D eigenvalue weighted by molar-refractivity contribution is -0.136. The molecule has 17 heavy (non-hydrogen) atoms. The number of ketones is 1. The summed E-state index contributed by atoms with van der Waals surface area (Å²) in [5, 5.41) is 10.6. The van der Waals surface area contributed by atoms with Crippen molar-refractivity contribution >= 4 is 22.5 Å². The average Bonchev–Trinajstić information content (AvgIpc) is 2.35. The fourth-order valence-electron chi connectivity index (χ4n) is 1.73. The van der Waals surface area contributed by atoms with Gasteiger partial charge in [-0.15, -0.1) is 0 Å². The van der Waals surface area contributed by atoms with E-state index in [1.807, 2.05) is 30.3 Å². The van der Waals surface area contributed by atoms with Crippen LogP contribution in [-0.2, 0) is 4.79 Å². The molecule has 0 saturated carbocycles. The van der Waals surface area contributed by atoms with Crippen LogP contribution in [0, 0.1) is 0 Å². The molecule has 3 nitrogen and oxygen atoms in total. The number of fused-ring (bicyclic) bond motifs is 1. The van der Waals surface area contributed by atoms with Crippen LogP contribution in [0.4, 0.5) is 0 Å². The lowest BCUT2D eigenvalue weighted by Crippen LogP contribution is -2.03. The number of aliphatic carboxylic acids is 1. The predicted octanol–water partition coefficient (Wildman–Crippen LogP) is 2.89. The van der Waals surface area contributed by atoms with Crippen LogP contribution in [-0.4, -0.2) is 16.9 Å². The van der Waals surface area contributed by atoms with Gasteiger partial charge in [-0.1, -0.05) is 36.4 Å². The maximum Gasteiger partial charge on any atom is 0.303 e. The molecule has 0 amide bonds. The van der Waals surface area contributed by atoms with Gasteiger partial charge in [0.1, 0.15) is 0 Å². The monoisotopic (exact) mass is 228 g/mol. The molecule has 1 N–H and O–H groups in total. The standard InChI is InChI=1S/C14H12O3/c15-13(7-8-14(16)17)12-6-5-10-3-1-2-4-11(10)9-12/h1-6,9H,7-8H2,(H,16,17). The number of rotatable bonds is 4. The smallest absolute Gasteiger partial charge is 0.303 e. The average molecular weight is 228 g/mol. The van der Waals surface area contributed by atoms with Gasteiger partial charge in [0.15, 0.2) is 5.78 Å². The van der Waals surface area contributed by atoms with Crippen LogP contribution in [0.1, 0.15) is 23.2 Å². The highest BCUT2D eigenvalue weighted by Gasteiger charge is 2.08. The summed E-state index contributed by atoms with van der Waals surface area (Å²) in [5.74, 6) is -1.07. The molecule has 0 unspecified atom stereocenters. The number of carbonyl (C=O) groups is 2. The number of carboxylic acids is 1. The van der Waals surface area contributed by atoms with Crippen LogP contribution < -0.4 is 0 Å². The Bertz CT molecular complexity index is 572. The number of carbonyl (C=O) groups excluding carboxylic acids is 1. The highest BCUT2D eigenvalue weighted by Crippen LogP contribution is 2.17. The van der Waals surface area contributed by atoms with Gasteiger partial charge in [-0.25, -0.2) is 0 Å². The minimum Gasteiger partial charge on any atom is -0.481 e. The minimum absolute atomic E-state index is 0.0493. The van der Waals surface area contributed by atoms with Gasteiger partial charge in [0.05, 0.1) is 6.42 Å². The third kappa shape index (κ3) is 2.69. The van der Waals surface area contributed by atoms with Gasteiger partial charge in [-0.2, -0.15) is 0 Å². The van der Waals surface area contributed by atoms with Crippen molar-refractivity contribution in [2.75, 3.05) is 0 Å². The quantitative estimate of drug-likeness (QED) is 0.818. The number of hydrogen-bond donors (Lipinski definition) is 1. The SMILES string of the molecule is O=C(O)CCC(=O)c1ccc2ccccc2c1. The van der Waals surface area contributed by atoms with E-state index < -0.39 is 5.97 Å². The summed E-state index contributed by atoms with van der Waals surface area (Å²) >= 11 is 0. The van der Waals surface area contributed by atoms with Gasteiger partial charge in [-0.05, 0) is 16.8 Å². The second-order valence-electron chi connectivity index (χ2n) is 3.88. The molecule has 0 spiro atoms. The van der Waals surface area contributed by atoms with Crippen molar-refractivity contribution in [2.24, 2.45) is 0 Å². The van der Waals surface area contributed by atoms with Crippen molar-refractivity contribution in [3.05, 3.63) is 48.0 Å². The number of benzene rings is 2. The van der Waals surface area contributed by atoms with Gasteiger partial charge in [0.2, 0.25) is 0 Å². The fraction of sp³-hybridized carbons (Fsp3) is 0.143. The number of hydrogen-bond acceptors (Lipinski definition) is 2. The number of Topliss-reactive ketones (excluding diaryl/α,β-unsaturated/α-hetero) is 1. The summed E-state index contributed by atoms with van der Waals surface area (Å²) in [6.45, 7) is 0. The summed E-state index contributed by atoms with van der Waals surface area (Å²) < 4.78 is 0. The topological polar surface area (TPSA) is 54.4 Å². The van der Waals surface area contributed by atoms with E-state index in [0.717, 1.165) is 10.8 Å². The first-order chi connectivity index (χ1) is 8.16. The largest absolute Gasteiger partial charge is 0.481 e. The van der Waals surface area contributed by atoms with E-state index in [1.165, 1.54) is 0 Å². The Balaban J connectivity index is 2.24. The molecule has 0 heterocycles. The third-order valence-corrected chi connectivity index (χ3v) is 2.64. The maximum absolute atomic E-state index is 11.7. The van der Waals surface area contributed by atoms with E-state index in [1.54, 1.807) is 12.1 Å². The summed E-state index contributed by atoms with van der Waals surface area (Å²) in [4.78, 5) is 22.1. The van der Waals surface area contributed by atoms with Crippen molar-refractivity contribution in [3.8, 4) is 0 Å². The Morgan fingerprint density at radius 1 is 0.941 bits per heavy atom. The third-order valence-electron chi connectivity index (χ3n) is 2.64. The van der Waals surface area contributed by atoms with Gasteiger partial charge < -0.3 is 5.11 Å². The molecule has 0 aliphatic carbocycles. The molecular formula is C14H12O3. The Hall–Kier alpha value is -2.16. The van der Waals surface area contributed by atoms with Crippen LogP contribution in [0.2, 0.25) is 0 Å². The first-order valence-corrected chi connectivity index (χ1v) is 5.40. The molecule has 3 heteroatoms. The van der Waals surface area contributed by atoms with Crippen LogP contribution in [0.3, 0.4) is 0 Å². The molecule has 0 fully saturated rings. The summed E-state index contributed by atoms with van der Waals surface area (Å²) in [6.07, 6.45) is -0.0701. The van der Waals surface area contributed by atoms with E-state index in [0.29, 0.717) is 5.56 Å². The van der Waals surface area contributed by atoms with Crippen molar-refractivity contribution in [2.45, 2.75) is 12.8 Å². The lowest BCUT2D eigenvalue weighted by atomic mass is 10.0. The van der Waals surface area contributed by atoms with E-state index >= 15 is 0 Å². The van der Waals surface area contributed by atoms with Gasteiger partial charge in [-0.3, -0.25) is 9.59 Å². The molecule has 0 atom stereocenters.